The summed E-state index contributed by atoms with van der Waals surface area (Å²) in [4.78, 5) is 0. The van der Waals surface area contributed by atoms with Crippen molar-refractivity contribution >= 4 is 11.1 Å². The Kier molecular flexibility index (Phi) is 5.53. The van der Waals surface area contributed by atoms with Gasteiger partial charge in [-0.25, -0.2) is 0 Å². The van der Waals surface area contributed by atoms with Crippen molar-refractivity contribution in [3.63, 3.8) is 0 Å². The minimum absolute atomic E-state index is 0.894. The topological polar surface area (TPSA) is 54.8 Å². The molecule has 5 nitrogen and oxygen atoms in total. The molecule has 0 radical (unpaired) electrons. The van der Waals surface area contributed by atoms with Crippen molar-refractivity contribution in [1.82, 2.24) is 25.4 Å². The summed E-state index contributed by atoms with van der Waals surface area (Å²) in [6.07, 6.45) is 6.74. The second-order valence-electron chi connectivity index (χ2n) is 8.38. The first kappa shape index (κ1) is 19.9. The van der Waals surface area contributed by atoms with Crippen LogP contribution < -0.4 is 10.6 Å². The quantitative estimate of drug-likeness (QED) is 0.675. The summed E-state index contributed by atoms with van der Waals surface area (Å²) in [5, 5.41) is 15.8. The maximum absolute atomic E-state index is 4.55. The summed E-state index contributed by atoms with van der Waals surface area (Å²) < 4.78 is 2.10. The van der Waals surface area contributed by atoms with Crippen LogP contribution in [-0.2, 0) is 7.05 Å². The van der Waals surface area contributed by atoms with Crippen molar-refractivity contribution < 1.29 is 0 Å². The van der Waals surface area contributed by atoms with Crippen LogP contribution in [0.1, 0.15) is 29.5 Å². The predicted molar refractivity (Wildman–Crippen MR) is 128 cm³/mol. The molecular formula is C26H29N5. The van der Waals surface area contributed by atoms with E-state index in [0.717, 1.165) is 61.8 Å². The molecule has 158 valence electrons. The Morgan fingerprint density at radius 2 is 1.32 bits per heavy atom. The SMILES string of the molecule is Cc1cc(C2=CCNCC2)ccc1-c1nnc(-c2ccc(C3=CCNCC3)cc2)n1C. The number of nitrogens with one attached hydrogen (secondary N) is 2. The lowest BCUT2D eigenvalue weighted by atomic mass is 9.96. The van der Waals surface area contributed by atoms with Crippen LogP contribution in [0.5, 0.6) is 0 Å². The zero-order chi connectivity index (χ0) is 21.2. The molecule has 0 saturated carbocycles. The molecule has 0 amide bonds. The lowest BCUT2D eigenvalue weighted by Gasteiger charge is -2.16. The summed E-state index contributed by atoms with van der Waals surface area (Å²) in [7, 11) is 2.05. The summed E-state index contributed by atoms with van der Waals surface area (Å²) in [6, 6.07) is 15.4. The fourth-order valence-corrected chi connectivity index (χ4v) is 4.53. The molecule has 0 unspecified atom stereocenters. The molecule has 2 N–H and O–H groups in total. The second-order valence-corrected chi connectivity index (χ2v) is 8.38. The van der Waals surface area contributed by atoms with Crippen molar-refractivity contribution in [3.8, 4) is 22.8 Å². The highest BCUT2D eigenvalue weighted by Crippen LogP contribution is 2.30. The van der Waals surface area contributed by atoms with E-state index < -0.39 is 0 Å². The third-order valence-corrected chi connectivity index (χ3v) is 6.35. The Hall–Kier alpha value is -3.02. The molecule has 0 spiro atoms. The second kappa shape index (κ2) is 8.61. The van der Waals surface area contributed by atoms with Crippen LogP contribution in [0.25, 0.3) is 33.9 Å². The van der Waals surface area contributed by atoms with Gasteiger partial charge in [0.25, 0.3) is 0 Å². The van der Waals surface area contributed by atoms with E-state index in [9.17, 15) is 0 Å². The maximum atomic E-state index is 4.55. The summed E-state index contributed by atoms with van der Waals surface area (Å²) in [5.41, 5.74) is 8.91. The largest absolute Gasteiger partial charge is 0.313 e. The van der Waals surface area contributed by atoms with Crippen LogP contribution in [-0.4, -0.2) is 40.9 Å². The molecule has 2 aliphatic heterocycles. The van der Waals surface area contributed by atoms with Gasteiger partial charge in [0.2, 0.25) is 0 Å². The summed E-state index contributed by atoms with van der Waals surface area (Å²) >= 11 is 0. The van der Waals surface area contributed by atoms with E-state index in [1.54, 1.807) is 0 Å². The first-order chi connectivity index (χ1) is 15.2. The number of hydrogen-bond donors (Lipinski definition) is 2. The van der Waals surface area contributed by atoms with Gasteiger partial charge in [-0.1, -0.05) is 54.6 Å². The van der Waals surface area contributed by atoms with Gasteiger partial charge in [0.15, 0.2) is 11.6 Å². The zero-order valence-corrected chi connectivity index (χ0v) is 18.3. The molecule has 3 heterocycles. The van der Waals surface area contributed by atoms with Crippen LogP contribution in [0.2, 0.25) is 0 Å². The normalized spacial score (nSPS) is 16.7. The Morgan fingerprint density at radius 1 is 0.742 bits per heavy atom. The Labute approximate surface area is 183 Å². The Balaban J connectivity index is 1.42. The number of nitrogens with zero attached hydrogens (tertiary/aromatic N) is 3. The lowest BCUT2D eigenvalue weighted by Crippen LogP contribution is -2.20. The Bertz CT molecular complexity index is 1150. The highest BCUT2D eigenvalue weighted by molar-refractivity contribution is 5.73. The van der Waals surface area contributed by atoms with Gasteiger partial charge in [-0.3, -0.25) is 0 Å². The fraction of sp³-hybridized carbons (Fsp3) is 0.308. The third-order valence-electron chi connectivity index (χ3n) is 6.35. The third kappa shape index (κ3) is 3.99. The van der Waals surface area contributed by atoms with E-state index in [2.05, 4.69) is 94.0 Å². The number of hydrogen-bond acceptors (Lipinski definition) is 4. The van der Waals surface area contributed by atoms with Gasteiger partial charge in [-0.15, -0.1) is 10.2 Å². The average Bonchev–Trinajstić information content (AvgIpc) is 3.21. The minimum Gasteiger partial charge on any atom is -0.313 e. The van der Waals surface area contributed by atoms with E-state index in [4.69, 9.17) is 0 Å². The van der Waals surface area contributed by atoms with E-state index in [1.807, 2.05) is 0 Å². The number of aryl methyl sites for hydroxylation is 1. The fourth-order valence-electron chi connectivity index (χ4n) is 4.53. The van der Waals surface area contributed by atoms with Crippen LogP contribution in [0.3, 0.4) is 0 Å². The van der Waals surface area contributed by atoms with Crippen molar-refractivity contribution in [1.29, 1.82) is 0 Å². The molecule has 31 heavy (non-hydrogen) atoms. The standard InChI is InChI=1S/C26H29N5/c1-18-17-23(21-11-15-28-16-12-21)7-8-24(18)26-30-29-25(31(26)2)22-5-3-19(4-6-22)20-9-13-27-14-10-20/h3-9,11,17,27-28H,10,12-16H2,1-2H3. The molecule has 5 rings (SSSR count). The van der Waals surface area contributed by atoms with Crippen molar-refractivity contribution in [2.45, 2.75) is 19.8 Å². The summed E-state index contributed by atoms with van der Waals surface area (Å²) in [6.45, 7) is 6.17. The first-order valence-electron chi connectivity index (χ1n) is 11.1. The van der Waals surface area contributed by atoms with Gasteiger partial charge in [-0.2, -0.15) is 0 Å². The van der Waals surface area contributed by atoms with Crippen LogP contribution >= 0.6 is 0 Å². The highest BCUT2D eigenvalue weighted by Gasteiger charge is 2.16. The lowest BCUT2D eigenvalue weighted by molar-refractivity contribution is 0.738. The van der Waals surface area contributed by atoms with Gasteiger partial charge >= 0.3 is 0 Å². The molecule has 0 aliphatic carbocycles. The molecule has 0 atom stereocenters. The summed E-state index contributed by atoms with van der Waals surface area (Å²) in [5.74, 6) is 1.80. The monoisotopic (exact) mass is 411 g/mol. The van der Waals surface area contributed by atoms with Crippen LogP contribution in [0.15, 0.2) is 54.6 Å². The van der Waals surface area contributed by atoms with E-state index in [0.29, 0.717) is 0 Å². The Morgan fingerprint density at radius 3 is 1.94 bits per heavy atom. The number of benzene rings is 2. The van der Waals surface area contributed by atoms with Crippen molar-refractivity contribution in [3.05, 3.63) is 71.3 Å². The van der Waals surface area contributed by atoms with Crippen molar-refractivity contribution in [2.24, 2.45) is 7.05 Å². The van der Waals surface area contributed by atoms with Crippen LogP contribution in [0, 0.1) is 6.92 Å². The molecule has 0 bridgehead atoms. The molecule has 3 aromatic rings. The predicted octanol–water partition coefficient (Wildman–Crippen LogP) is 4.21. The van der Waals surface area contributed by atoms with Gasteiger partial charge in [0.1, 0.15) is 0 Å². The van der Waals surface area contributed by atoms with Crippen LogP contribution in [0.4, 0.5) is 0 Å². The molecule has 0 saturated heterocycles. The van der Waals surface area contributed by atoms with Gasteiger partial charge < -0.3 is 15.2 Å². The molecule has 5 heteroatoms. The maximum Gasteiger partial charge on any atom is 0.164 e. The van der Waals surface area contributed by atoms with Gasteiger partial charge in [0, 0.05) is 31.3 Å². The van der Waals surface area contributed by atoms with E-state index >= 15 is 0 Å². The smallest absolute Gasteiger partial charge is 0.164 e. The molecule has 0 fully saturated rings. The van der Waals surface area contributed by atoms with Gasteiger partial charge in [-0.05, 0) is 60.7 Å². The number of aromatic nitrogens is 3. The molecular weight excluding hydrogens is 382 g/mol. The molecule has 2 aromatic carbocycles. The van der Waals surface area contributed by atoms with Crippen molar-refractivity contribution in [2.75, 3.05) is 26.2 Å². The number of rotatable bonds is 4. The van der Waals surface area contributed by atoms with E-state index in [-0.39, 0.29) is 0 Å². The minimum atomic E-state index is 0.894. The zero-order valence-electron chi connectivity index (χ0n) is 18.3. The van der Waals surface area contributed by atoms with Gasteiger partial charge in [0.05, 0.1) is 0 Å². The molecule has 1 aromatic heterocycles. The average molecular weight is 412 g/mol. The first-order valence-corrected chi connectivity index (χ1v) is 11.1. The highest BCUT2D eigenvalue weighted by atomic mass is 15.3. The van der Waals surface area contributed by atoms with E-state index in [1.165, 1.54) is 27.8 Å². The molecule has 2 aliphatic rings.